The zero-order valence-electron chi connectivity index (χ0n) is 14.3. The van der Waals surface area contributed by atoms with Gasteiger partial charge in [-0.25, -0.2) is 0 Å². The minimum Gasteiger partial charge on any atom is -0.483 e. The second-order valence-electron chi connectivity index (χ2n) is 5.72. The molecule has 2 N–H and O–H groups in total. The van der Waals surface area contributed by atoms with Gasteiger partial charge in [0.1, 0.15) is 17.3 Å². The van der Waals surface area contributed by atoms with Gasteiger partial charge in [-0.1, -0.05) is 30.3 Å². The van der Waals surface area contributed by atoms with Crippen LogP contribution in [0.5, 0.6) is 5.75 Å². The molecule has 0 unspecified atom stereocenters. The number of furan rings is 1. The van der Waals surface area contributed by atoms with Crippen LogP contribution in [0, 0.1) is 13.8 Å². The molecule has 0 saturated carbocycles. The lowest BCUT2D eigenvalue weighted by Gasteiger charge is -2.11. The van der Waals surface area contributed by atoms with E-state index in [4.69, 9.17) is 9.15 Å². The highest BCUT2D eigenvalue weighted by Crippen LogP contribution is 2.32. The fourth-order valence-corrected chi connectivity index (χ4v) is 3.16. The Kier molecular flexibility index (Phi) is 5.27. The first-order valence-electron chi connectivity index (χ1n) is 7.92. The number of hydrogen-bond donors (Lipinski definition) is 2. The quantitative estimate of drug-likeness (QED) is 0.636. The Balaban J connectivity index is 1.57. The van der Waals surface area contributed by atoms with E-state index in [2.05, 4.69) is 26.8 Å². The molecule has 3 rings (SSSR count). The number of rotatable bonds is 4. The van der Waals surface area contributed by atoms with Crippen LogP contribution in [0.25, 0.3) is 10.8 Å². The Labute approximate surface area is 158 Å². The van der Waals surface area contributed by atoms with Gasteiger partial charge >= 0.3 is 0 Å². The Morgan fingerprint density at radius 2 is 1.88 bits per heavy atom. The maximum absolute atomic E-state index is 12.0. The van der Waals surface area contributed by atoms with E-state index in [9.17, 15) is 9.59 Å². The number of aryl methyl sites for hydroxylation is 2. The number of carbonyl (C=O) groups excluding carboxylic acids is 2. The minimum absolute atomic E-state index is 0.235. The zero-order valence-corrected chi connectivity index (χ0v) is 15.8. The zero-order chi connectivity index (χ0) is 18.7. The summed E-state index contributed by atoms with van der Waals surface area (Å²) in [6.45, 7) is 3.20. The highest BCUT2D eigenvalue weighted by molar-refractivity contribution is 9.10. The van der Waals surface area contributed by atoms with Gasteiger partial charge < -0.3 is 9.15 Å². The van der Waals surface area contributed by atoms with Crippen molar-refractivity contribution in [1.29, 1.82) is 0 Å². The summed E-state index contributed by atoms with van der Waals surface area (Å²) in [5, 5.41) is 2.05. The number of hydrogen-bond acceptors (Lipinski definition) is 4. The van der Waals surface area contributed by atoms with Crippen molar-refractivity contribution in [2.24, 2.45) is 0 Å². The average molecular weight is 417 g/mol. The Bertz CT molecular complexity index is 981. The van der Waals surface area contributed by atoms with Crippen molar-refractivity contribution < 1.29 is 18.7 Å². The third-order valence-electron chi connectivity index (χ3n) is 3.79. The standard InChI is InChI=1S/C19H17BrN2O4/c1-11-9-15(12(2)26-11)19(24)22-21-17(23)10-25-16-8-7-13-5-3-4-6-14(13)18(16)20/h3-9H,10H2,1-2H3,(H,21,23)(H,22,24). The molecule has 0 spiro atoms. The summed E-state index contributed by atoms with van der Waals surface area (Å²) in [5.41, 5.74) is 5.04. The fraction of sp³-hybridized carbons (Fsp3) is 0.158. The van der Waals surface area contributed by atoms with Gasteiger partial charge in [-0.2, -0.15) is 0 Å². The molecular weight excluding hydrogens is 400 g/mol. The number of amides is 2. The van der Waals surface area contributed by atoms with Gasteiger partial charge in [0.15, 0.2) is 6.61 Å². The summed E-state index contributed by atoms with van der Waals surface area (Å²) in [7, 11) is 0. The van der Waals surface area contributed by atoms with Gasteiger partial charge in [-0.05, 0) is 52.7 Å². The van der Waals surface area contributed by atoms with Gasteiger partial charge in [0.2, 0.25) is 0 Å². The van der Waals surface area contributed by atoms with Gasteiger partial charge in [-0.3, -0.25) is 20.4 Å². The van der Waals surface area contributed by atoms with Crippen molar-refractivity contribution in [1.82, 2.24) is 10.9 Å². The Morgan fingerprint density at radius 3 is 2.62 bits per heavy atom. The van der Waals surface area contributed by atoms with E-state index in [1.165, 1.54) is 0 Å². The number of benzene rings is 2. The highest BCUT2D eigenvalue weighted by atomic mass is 79.9. The Morgan fingerprint density at radius 1 is 1.12 bits per heavy atom. The number of carbonyl (C=O) groups is 2. The fourth-order valence-electron chi connectivity index (χ4n) is 2.55. The lowest BCUT2D eigenvalue weighted by atomic mass is 10.1. The van der Waals surface area contributed by atoms with Crippen LogP contribution in [0.4, 0.5) is 0 Å². The molecule has 26 heavy (non-hydrogen) atoms. The van der Waals surface area contributed by atoms with Crippen LogP contribution < -0.4 is 15.6 Å². The van der Waals surface area contributed by atoms with Gasteiger partial charge in [-0.15, -0.1) is 0 Å². The predicted octanol–water partition coefficient (Wildman–Crippen LogP) is 3.65. The predicted molar refractivity (Wildman–Crippen MR) is 101 cm³/mol. The molecular formula is C19H17BrN2O4. The maximum atomic E-state index is 12.0. The second kappa shape index (κ2) is 7.61. The molecule has 6 nitrogen and oxygen atoms in total. The molecule has 2 amide bonds. The van der Waals surface area contributed by atoms with E-state index < -0.39 is 11.8 Å². The smallest absolute Gasteiger partial charge is 0.276 e. The van der Waals surface area contributed by atoms with Crippen LogP contribution in [-0.4, -0.2) is 18.4 Å². The van der Waals surface area contributed by atoms with E-state index >= 15 is 0 Å². The lowest BCUT2D eigenvalue weighted by molar-refractivity contribution is -0.123. The third kappa shape index (κ3) is 3.88. The highest BCUT2D eigenvalue weighted by Gasteiger charge is 2.14. The number of hydrazine groups is 1. The van der Waals surface area contributed by atoms with Crippen molar-refractivity contribution in [3.8, 4) is 5.75 Å². The summed E-state index contributed by atoms with van der Waals surface area (Å²) in [4.78, 5) is 24.0. The average Bonchev–Trinajstić information content (AvgIpc) is 2.97. The summed E-state index contributed by atoms with van der Waals surface area (Å²) >= 11 is 3.50. The molecule has 1 heterocycles. The van der Waals surface area contributed by atoms with Crippen molar-refractivity contribution >= 4 is 38.5 Å². The first kappa shape index (κ1) is 18.0. The largest absolute Gasteiger partial charge is 0.483 e. The van der Waals surface area contributed by atoms with Crippen LogP contribution in [0.2, 0.25) is 0 Å². The summed E-state index contributed by atoms with van der Waals surface area (Å²) < 4.78 is 11.6. The molecule has 2 aromatic carbocycles. The van der Waals surface area contributed by atoms with Gasteiger partial charge in [0, 0.05) is 0 Å². The molecule has 0 fully saturated rings. The number of halogens is 1. The molecule has 0 radical (unpaired) electrons. The molecule has 134 valence electrons. The Hall–Kier alpha value is -2.80. The maximum Gasteiger partial charge on any atom is 0.276 e. The number of fused-ring (bicyclic) bond motifs is 1. The van der Waals surface area contributed by atoms with E-state index in [1.54, 1.807) is 26.0 Å². The van der Waals surface area contributed by atoms with E-state index in [0.29, 0.717) is 22.8 Å². The number of nitrogens with one attached hydrogen (secondary N) is 2. The minimum atomic E-state index is -0.476. The van der Waals surface area contributed by atoms with Crippen LogP contribution >= 0.6 is 15.9 Å². The van der Waals surface area contributed by atoms with E-state index in [0.717, 1.165) is 15.2 Å². The molecule has 0 bridgehead atoms. The normalized spacial score (nSPS) is 10.6. The molecule has 0 saturated heterocycles. The third-order valence-corrected chi connectivity index (χ3v) is 4.61. The molecule has 0 atom stereocenters. The summed E-state index contributed by atoms with van der Waals surface area (Å²) in [6.07, 6.45) is 0. The van der Waals surface area contributed by atoms with Crippen LogP contribution in [-0.2, 0) is 4.79 Å². The molecule has 0 aliphatic heterocycles. The number of ether oxygens (including phenoxy) is 1. The van der Waals surface area contributed by atoms with E-state index in [-0.39, 0.29) is 6.61 Å². The topological polar surface area (TPSA) is 80.6 Å². The van der Waals surface area contributed by atoms with Crippen LogP contribution in [0.15, 0.2) is 51.4 Å². The monoisotopic (exact) mass is 416 g/mol. The van der Waals surface area contributed by atoms with E-state index in [1.807, 2.05) is 30.3 Å². The molecule has 0 aliphatic rings. The van der Waals surface area contributed by atoms with Crippen molar-refractivity contribution in [2.75, 3.05) is 6.61 Å². The first-order valence-corrected chi connectivity index (χ1v) is 8.71. The second-order valence-corrected chi connectivity index (χ2v) is 6.51. The van der Waals surface area contributed by atoms with Gasteiger partial charge in [0.05, 0.1) is 10.0 Å². The van der Waals surface area contributed by atoms with Crippen molar-refractivity contribution in [3.63, 3.8) is 0 Å². The SMILES string of the molecule is Cc1cc(C(=O)NNC(=O)COc2ccc3ccccc3c2Br)c(C)o1. The van der Waals surface area contributed by atoms with Gasteiger partial charge in [0.25, 0.3) is 11.8 Å². The summed E-state index contributed by atoms with van der Waals surface area (Å²) in [6, 6.07) is 13.1. The van der Waals surface area contributed by atoms with Crippen LogP contribution in [0.3, 0.4) is 0 Å². The first-order chi connectivity index (χ1) is 12.5. The van der Waals surface area contributed by atoms with Crippen molar-refractivity contribution in [3.05, 3.63) is 64.0 Å². The van der Waals surface area contributed by atoms with Crippen LogP contribution in [0.1, 0.15) is 21.9 Å². The summed E-state index contributed by atoms with van der Waals surface area (Å²) in [5.74, 6) is 0.747. The molecule has 3 aromatic rings. The lowest BCUT2D eigenvalue weighted by Crippen LogP contribution is -2.43. The molecule has 0 aliphatic carbocycles. The molecule has 7 heteroatoms. The molecule has 1 aromatic heterocycles. The van der Waals surface area contributed by atoms with Crippen molar-refractivity contribution in [2.45, 2.75) is 13.8 Å².